The van der Waals surface area contributed by atoms with Crippen molar-refractivity contribution in [2.24, 2.45) is 0 Å². The minimum Gasteiger partial charge on any atom is -0.494 e. The normalized spacial score (nSPS) is 10.4. The largest absolute Gasteiger partial charge is 0.494 e. The van der Waals surface area contributed by atoms with Crippen molar-refractivity contribution in [3.8, 4) is 17.0 Å². The fraction of sp³-hybridized carbons (Fsp3) is 0.250. The number of benzene rings is 1. The standard InChI is InChI=1S/C12H14N2OS/c1-7-4-9(5-10(13)12(7)15-3)11-6-16-8(2)14-11/h4-6H,13H2,1-3H3. The first-order valence-electron chi connectivity index (χ1n) is 4.98. The third-order valence-corrected chi connectivity index (χ3v) is 3.20. The molecule has 4 heteroatoms. The number of nitrogens with two attached hydrogens (primary N) is 1. The van der Waals surface area contributed by atoms with E-state index in [4.69, 9.17) is 10.5 Å². The second-order valence-corrected chi connectivity index (χ2v) is 4.73. The Bertz CT molecular complexity index is 496. The van der Waals surface area contributed by atoms with E-state index < -0.39 is 0 Å². The Labute approximate surface area is 98.9 Å². The van der Waals surface area contributed by atoms with Crippen LogP contribution in [0.3, 0.4) is 0 Å². The van der Waals surface area contributed by atoms with Gasteiger partial charge in [-0.05, 0) is 31.5 Å². The molecule has 0 spiro atoms. The van der Waals surface area contributed by atoms with Gasteiger partial charge in [0.15, 0.2) is 0 Å². The van der Waals surface area contributed by atoms with Crippen LogP contribution in [0.2, 0.25) is 0 Å². The number of aromatic nitrogens is 1. The van der Waals surface area contributed by atoms with Crippen LogP contribution in [0.15, 0.2) is 17.5 Å². The highest BCUT2D eigenvalue weighted by Gasteiger charge is 2.09. The molecule has 3 nitrogen and oxygen atoms in total. The van der Waals surface area contributed by atoms with E-state index in [1.807, 2.05) is 31.4 Å². The predicted molar refractivity (Wildman–Crippen MR) is 68.0 cm³/mol. The molecule has 0 amide bonds. The Morgan fingerprint density at radius 3 is 2.56 bits per heavy atom. The highest BCUT2D eigenvalue weighted by molar-refractivity contribution is 7.09. The number of ether oxygens (including phenoxy) is 1. The van der Waals surface area contributed by atoms with Crippen molar-refractivity contribution >= 4 is 17.0 Å². The third kappa shape index (κ3) is 1.88. The molecule has 0 unspecified atom stereocenters. The van der Waals surface area contributed by atoms with Crippen LogP contribution < -0.4 is 10.5 Å². The van der Waals surface area contributed by atoms with E-state index in [1.54, 1.807) is 18.4 Å². The van der Waals surface area contributed by atoms with Gasteiger partial charge >= 0.3 is 0 Å². The van der Waals surface area contributed by atoms with Crippen molar-refractivity contribution in [1.82, 2.24) is 4.98 Å². The average molecular weight is 234 g/mol. The zero-order chi connectivity index (χ0) is 11.7. The number of hydrogen-bond acceptors (Lipinski definition) is 4. The fourth-order valence-corrected chi connectivity index (χ4v) is 2.35. The molecule has 1 aromatic carbocycles. The average Bonchev–Trinajstić information content (AvgIpc) is 2.64. The number of hydrogen-bond donors (Lipinski definition) is 1. The Morgan fingerprint density at radius 2 is 2.06 bits per heavy atom. The summed E-state index contributed by atoms with van der Waals surface area (Å²) in [6, 6.07) is 3.95. The number of methoxy groups -OCH3 is 1. The molecule has 84 valence electrons. The van der Waals surface area contributed by atoms with Gasteiger partial charge in [0.25, 0.3) is 0 Å². The summed E-state index contributed by atoms with van der Waals surface area (Å²) in [6.45, 7) is 3.98. The van der Waals surface area contributed by atoms with Crippen molar-refractivity contribution in [3.63, 3.8) is 0 Å². The Kier molecular flexibility index (Phi) is 2.83. The minimum absolute atomic E-state index is 0.656. The molecule has 0 bridgehead atoms. The summed E-state index contributed by atoms with van der Waals surface area (Å²) < 4.78 is 5.23. The quantitative estimate of drug-likeness (QED) is 0.812. The maximum absolute atomic E-state index is 5.93. The fourth-order valence-electron chi connectivity index (χ4n) is 1.72. The summed E-state index contributed by atoms with van der Waals surface area (Å²) in [7, 11) is 1.63. The molecule has 16 heavy (non-hydrogen) atoms. The number of nitrogens with zero attached hydrogens (tertiary/aromatic N) is 1. The molecule has 1 aromatic heterocycles. The Morgan fingerprint density at radius 1 is 1.31 bits per heavy atom. The molecule has 0 radical (unpaired) electrons. The predicted octanol–water partition coefficient (Wildman–Crippen LogP) is 3.02. The molecule has 2 N–H and O–H groups in total. The summed E-state index contributed by atoms with van der Waals surface area (Å²) in [5, 5.41) is 3.10. The van der Waals surface area contributed by atoms with Gasteiger partial charge in [0, 0.05) is 10.9 Å². The van der Waals surface area contributed by atoms with Gasteiger partial charge < -0.3 is 10.5 Å². The molecule has 0 fully saturated rings. The maximum Gasteiger partial charge on any atom is 0.144 e. The number of nitrogen functional groups attached to an aromatic ring is 1. The summed E-state index contributed by atoms with van der Waals surface area (Å²) in [5.74, 6) is 0.746. The van der Waals surface area contributed by atoms with Crippen LogP contribution in [0.25, 0.3) is 11.3 Å². The topological polar surface area (TPSA) is 48.1 Å². The SMILES string of the molecule is COc1c(C)cc(-c2csc(C)n2)cc1N. The van der Waals surface area contributed by atoms with Crippen LogP contribution in [-0.2, 0) is 0 Å². The minimum atomic E-state index is 0.656. The van der Waals surface area contributed by atoms with E-state index in [1.165, 1.54) is 0 Å². The zero-order valence-corrected chi connectivity index (χ0v) is 10.4. The van der Waals surface area contributed by atoms with Gasteiger partial charge in [0.2, 0.25) is 0 Å². The number of rotatable bonds is 2. The molecule has 0 aliphatic carbocycles. The monoisotopic (exact) mass is 234 g/mol. The van der Waals surface area contributed by atoms with Crippen molar-refractivity contribution in [2.45, 2.75) is 13.8 Å². The molecular weight excluding hydrogens is 220 g/mol. The van der Waals surface area contributed by atoms with E-state index >= 15 is 0 Å². The van der Waals surface area contributed by atoms with Crippen LogP contribution in [0.5, 0.6) is 5.75 Å². The molecule has 0 atom stereocenters. The lowest BCUT2D eigenvalue weighted by molar-refractivity contribution is 0.414. The first-order valence-corrected chi connectivity index (χ1v) is 5.86. The van der Waals surface area contributed by atoms with Gasteiger partial charge in [0.1, 0.15) is 5.75 Å². The number of aryl methyl sites for hydroxylation is 2. The highest BCUT2D eigenvalue weighted by atomic mass is 32.1. The van der Waals surface area contributed by atoms with Gasteiger partial charge in [0.05, 0.1) is 23.5 Å². The zero-order valence-electron chi connectivity index (χ0n) is 9.57. The van der Waals surface area contributed by atoms with Crippen molar-refractivity contribution < 1.29 is 4.74 Å². The molecule has 2 rings (SSSR count). The highest BCUT2D eigenvalue weighted by Crippen LogP contribution is 2.32. The summed E-state index contributed by atoms with van der Waals surface area (Å²) >= 11 is 1.64. The van der Waals surface area contributed by atoms with E-state index in [0.717, 1.165) is 27.6 Å². The van der Waals surface area contributed by atoms with Crippen LogP contribution in [0.1, 0.15) is 10.6 Å². The summed E-state index contributed by atoms with van der Waals surface area (Å²) in [4.78, 5) is 4.44. The van der Waals surface area contributed by atoms with E-state index in [0.29, 0.717) is 5.69 Å². The molecule has 1 heterocycles. The molecule has 0 saturated heterocycles. The van der Waals surface area contributed by atoms with Gasteiger partial charge in [-0.3, -0.25) is 0 Å². The van der Waals surface area contributed by atoms with E-state index in [9.17, 15) is 0 Å². The second kappa shape index (κ2) is 4.14. The second-order valence-electron chi connectivity index (χ2n) is 3.67. The first kappa shape index (κ1) is 11.0. The van der Waals surface area contributed by atoms with Gasteiger partial charge in [-0.1, -0.05) is 0 Å². The molecule has 2 aromatic rings. The Hall–Kier alpha value is -1.55. The smallest absolute Gasteiger partial charge is 0.144 e. The van der Waals surface area contributed by atoms with E-state index in [-0.39, 0.29) is 0 Å². The first-order chi connectivity index (χ1) is 7.61. The van der Waals surface area contributed by atoms with Gasteiger partial charge in [-0.2, -0.15) is 0 Å². The van der Waals surface area contributed by atoms with Crippen molar-refractivity contribution in [1.29, 1.82) is 0 Å². The molecule has 0 aliphatic heterocycles. The third-order valence-electron chi connectivity index (χ3n) is 2.42. The van der Waals surface area contributed by atoms with Crippen molar-refractivity contribution in [2.75, 3.05) is 12.8 Å². The van der Waals surface area contributed by atoms with Crippen LogP contribution >= 0.6 is 11.3 Å². The molecule has 0 saturated carbocycles. The van der Waals surface area contributed by atoms with E-state index in [2.05, 4.69) is 4.98 Å². The lowest BCUT2D eigenvalue weighted by Crippen LogP contribution is -1.95. The van der Waals surface area contributed by atoms with Crippen molar-refractivity contribution in [3.05, 3.63) is 28.1 Å². The van der Waals surface area contributed by atoms with Crippen LogP contribution in [0, 0.1) is 13.8 Å². The van der Waals surface area contributed by atoms with Gasteiger partial charge in [-0.25, -0.2) is 4.98 Å². The molecule has 0 aliphatic rings. The van der Waals surface area contributed by atoms with Crippen LogP contribution in [-0.4, -0.2) is 12.1 Å². The molecular formula is C12H14N2OS. The lowest BCUT2D eigenvalue weighted by atomic mass is 10.1. The lowest BCUT2D eigenvalue weighted by Gasteiger charge is -2.09. The Balaban J connectivity index is 2.52. The maximum atomic E-state index is 5.93. The summed E-state index contributed by atoms with van der Waals surface area (Å²) in [6.07, 6.45) is 0. The van der Waals surface area contributed by atoms with Crippen LogP contribution in [0.4, 0.5) is 5.69 Å². The van der Waals surface area contributed by atoms with Gasteiger partial charge in [-0.15, -0.1) is 11.3 Å². The number of anilines is 1. The number of thiazole rings is 1. The summed E-state index contributed by atoms with van der Waals surface area (Å²) in [5.41, 5.74) is 9.63.